The second-order valence-corrected chi connectivity index (χ2v) is 8.81. The van der Waals surface area contributed by atoms with Crippen molar-refractivity contribution in [3.63, 3.8) is 0 Å². The van der Waals surface area contributed by atoms with Gasteiger partial charge in [0.1, 0.15) is 5.60 Å². The van der Waals surface area contributed by atoms with Gasteiger partial charge in [-0.05, 0) is 57.2 Å². The molecule has 162 valence electrons. The summed E-state index contributed by atoms with van der Waals surface area (Å²) in [5.74, 6) is 0.305. The third-order valence-electron chi connectivity index (χ3n) is 5.14. The fraction of sp³-hybridized carbons (Fsp3) is 0.545. The van der Waals surface area contributed by atoms with Crippen molar-refractivity contribution in [1.29, 1.82) is 0 Å². The minimum absolute atomic E-state index is 0.0247. The van der Waals surface area contributed by atoms with Crippen LogP contribution in [0.5, 0.6) is 0 Å². The Bertz CT molecular complexity index is 879. The third kappa shape index (κ3) is 6.05. The number of hydrogen-bond donors (Lipinski definition) is 1. The Morgan fingerprint density at radius 2 is 1.97 bits per heavy atom. The maximum absolute atomic E-state index is 12.4. The maximum Gasteiger partial charge on any atom is 0.410 e. The van der Waals surface area contributed by atoms with E-state index >= 15 is 0 Å². The first kappa shape index (κ1) is 21.8. The minimum Gasteiger partial charge on any atom is -0.444 e. The highest BCUT2D eigenvalue weighted by molar-refractivity contribution is 5.76. The molecular formula is C22H31N5O3. The van der Waals surface area contributed by atoms with Crippen LogP contribution in [-0.2, 0) is 23.1 Å². The molecule has 0 spiro atoms. The summed E-state index contributed by atoms with van der Waals surface area (Å²) in [6.07, 6.45) is 7.12. The van der Waals surface area contributed by atoms with E-state index in [1.807, 2.05) is 40.0 Å². The van der Waals surface area contributed by atoms with Gasteiger partial charge in [-0.2, -0.15) is 5.10 Å². The maximum atomic E-state index is 12.4. The Kier molecular flexibility index (Phi) is 6.74. The van der Waals surface area contributed by atoms with Gasteiger partial charge in [-0.1, -0.05) is 0 Å². The SMILES string of the molecule is Cn1nccc1-c1cncc(CNC(=O)CC2CCN(C(=O)OC(C)(C)C)CC2)c1. The highest BCUT2D eigenvalue weighted by atomic mass is 16.6. The highest BCUT2D eigenvalue weighted by Gasteiger charge is 2.27. The molecule has 1 saturated heterocycles. The molecule has 2 amide bonds. The van der Waals surface area contributed by atoms with Gasteiger partial charge in [0.2, 0.25) is 5.91 Å². The van der Waals surface area contributed by atoms with E-state index in [0.29, 0.717) is 26.1 Å². The summed E-state index contributed by atoms with van der Waals surface area (Å²) >= 11 is 0. The zero-order valence-corrected chi connectivity index (χ0v) is 18.2. The Hall–Kier alpha value is -2.90. The molecule has 0 bridgehead atoms. The van der Waals surface area contributed by atoms with Gasteiger partial charge < -0.3 is 15.0 Å². The summed E-state index contributed by atoms with van der Waals surface area (Å²) in [7, 11) is 1.89. The van der Waals surface area contributed by atoms with Gasteiger partial charge in [-0.25, -0.2) is 4.79 Å². The average molecular weight is 414 g/mol. The number of piperidine rings is 1. The summed E-state index contributed by atoms with van der Waals surface area (Å²) in [5.41, 5.74) is 2.40. The fourth-order valence-corrected chi connectivity index (χ4v) is 3.56. The predicted molar refractivity (Wildman–Crippen MR) is 113 cm³/mol. The third-order valence-corrected chi connectivity index (χ3v) is 5.14. The molecule has 1 aliphatic heterocycles. The van der Waals surface area contributed by atoms with Gasteiger partial charge >= 0.3 is 6.09 Å². The molecule has 3 rings (SSSR count). The van der Waals surface area contributed by atoms with Crippen LogP contribution in [0.3, 0.4) is 0 Å². The van der Waals surface area contributed by atoms with E-state index in [0.717, 1.165) is 29.7 Å². The Labute approximate surface area is 177 Å². The number of rotatable bonds is 5. The van der Waals surface area contributed by atoms with Crippen LogP contribution >= 0.6 is 0 Å². The van der Waals surface area contributed by atoms with Crippen LogP contribution in [0, 0.1) is 5.92 Å². The zero-order valence-electron chi connectivity index (χ0n) is 18.2. The summed E-state index contributed by atoms with van der Waals surface area (Å²) in [4.78, 5) is 30.6. The lowest BCUT2D eigenvalue weighted by atomic mass is 9.93. The molecule has 30 heavy (non-hydrogen) atoms. The number of amides is 2. The molecule has 8 heteroatoms. The van der Waals surface area contributed by atoms with Crippen molar-refractivity contribution >= 4 is 12.0 Å². The van der Waals surface area contributed by atoms with Crippen molar-refractivity contribution in [2.24, 2.45) is 13.0 Å². The number of nitrogens with zero attached hydrogens (tertiary/aromatic N) is 4. The number of likely N-dealkylation sites (tertiary alicyclic amines) is 1. The van der Waals surface area contributed by atoms with Gasteiger partial charge in [0.15, 0.2) is 0 Å². The first-order valence-corrected chi connectivity index (χ1v) is 10.4. The van der Waals surface area contributed by atoms with Crippen molar-refractivity contribution in [3.8, 4) is 11.3 Å². The van der Waals surface area contributed by atoms with Crippen molar-refractivity contribution in [3.05, 3.63) is 36.3 Å². The van der Waals surface area contributed by atoms with Gasteiger partial charge in [-0.15, -0.1) is 0 Å². The van der Waals surface area contributed by atoms with Gasteiger partial charge in [0.05, 0.1) is 5.69 Å². The summed E-state index contributed by atoms with van der Waals surface area (Å²) in [6.45, 7) is 7.29. The second kappa shape index (κ2) is 9.28. The van der Waals surface area contributed by atoms with Crippen molar-refractivity contribution in [1.82, 2.24) is 25.0 Å². The van der Waals surface area contributed by atoms with Crippen LogP contribution in [0.1, 0.15) is 45.6 Å². The topological polar surface area (TPSA) is 89.4 Å². The molecule has 2 aromatic heterocycles. The molecule has 0 aromatic carbocycles. The van der Waals surface area contributed by atoms with Crippen LogP contribution in [0.4, 0.5) is 4.79 Å². The molecule has 1 fully saturated rings. The van der Waals surface area contributed by atoms with Crippen LogP contribution in [0.25, 0.3) is 11.3 Å². The zero-order chi connectivity index (χ0) is 21.7. The number of aromatic nitrogens is 3. The summed E-state index contributed by atoms with van der Waals surface area (Å²) < 4.78 is 7.22. The van der Waals surface area contributed by atoms with E-state index in [-0.39, 0.29) is 17.9 Å². The number of carbonyl (C=O) groups is 2. The molecule has 2 aromatic rings. The van der Waals surface area contributed by atoms with E-state index in [9.17, 15) is 9.59 Å². The summed E-state index contributed by atoms with van der Waals surface area (Å²) in [6, 6.07) is 3.95. The van der Waals surface area contributed by atoms with E-state index in [4.69, 9.17) is 4.74 Å². The lowest BCUT2D eigenvalue weighted by Crippen LogP contribution is -2.42. The average Bonchev–Trinajstić information content (AvgIpc) is 3.12. The molecule has 0 radical (unpaired) electrons. The summed E-state index contributed by atoms with van der Waals surface area (Å²) in [5, 5.41) is 7.17. The highest BCUT2D eigenvalue weighted by Crippen LogP contribution is 2.22. The molecule has 1 aliphatic rings. The molecule has 0 atom stereocenters. The lowest BCUT2D eigenvalue weighted by Gasteiger charge is -2.33. The first-order chi connectivity index (χ1) is 14.2. The largest absolute Gasteiger partial charge is 0.444 e. The molecule has 8 nitrogen and oxygen atoms in total. The Morgan fingerprint density at radius 3 is 2.60 bits per heavy atom. The van der Waals surface area contributed by atoms with Crippen LogP contribution in [0.15, 0.2) is 30.7 Å². The van der Waals surface area contributed by atoms with Crippen molar-refractivity contribution < 1.29 is 14.3 Å². The monoisotopic (exact) mass is 413 g/mol. The number of hydrogen-bond acceptors (Lipinski definition) is 5. The molecular weight excluding hydrogens is 382 g/mol. The standard InChI is InChI=1S/C22H31N5O3/c1-22(2,3)30-21(29)27-9-6-16(7-10-27)12-20(28)24-14-17-11-18(15-23-13-17)19-5-8-25-26(19)4/h5,8,11,13,15-16H,6-7,9-10,12,14H2,1-4H3,(H,24,28). The molecule has 0 aliphatic carbocycles. The lowest BCUT2D eigenvalue weighted by molar-refractivity contribution is -0.122. The minimum atomic E-state index is -0.489. The molecule has 1 N–H and O–H groups in total. The van der Waals surface area contributed by atoms with E-state index < -0.39 is 5.60 Å². The predicted octanol–water partition coefficient (Wildman–Crippen LogP) is 3.14. The van der Waals surface area contributed by atoms with Gasteiger partial charge in [0.25, 0.3) is 0 Å². The van der Waals surface area contributed by atoms with Gasteiger partial charge in [-0.3, -0.25) is 14.5 Å². The fourth-order valence-electron chi connectivity index (χ4n) is 3.56. The normalized spacial score (nSPS) is 15.1. The number of ether oxygens (including phenoxy) is 1. The van der Waals surface area contributed by atoms with Crippen molar-refractivity contribution in [2.45, 2.75) is 52.2 Å². The first-order valence-electron chi connectivity index (χ1n) is 10.4. The number of nitrogens with one attached hydrogen (secondary N) is 1. The quantitative estimate of drug-likeness (QED) is 0.813. The Morgan fingerprint density at radius 1 is 1.23 bits per heavy atom. The number of carbonyl (C=O) groups excluding carboxylic acids is 2. The van der Waals surface area contributed by atoms with Crippen LogP contribution in [0.2, 0.25) is 0 Å². The molecule has 0 unspecified atom stereocenters. The van der Waals surface area contributed by atoms with Crippen LogP contribution in [-0.4, -0.2) is 50.4 Å². The second-order valence-electron chi connectivity index (χ2n) is 8.81. The number of pyridine rings is 1. The Balaban J connectivity index is 1.44. The molecule has 3 heterocycles. The van der Waals surface area contributed by atoms with E-state index in [2.05, 4.69) is 15.4 Å². The number of aryl methyl sites for hydroxylation is 1. The van der Waals surface area contributed by atoms with Gasteiger partial charge in [0, 0.05) is 57.3 Å². The van der Waals surface area contributed by atoms with E-state index in [1.165, 1.54) is 0 Å². The molecule has 0 saturated carbocycles. The smallest absolute Gasteiger partial charge is 0.410 e. The van der Waals surface area contributed by atoms with E-state index in [1.54, 1.807) is 28.2 Å². The van der Waals surface area contributed by atoms with Crippen LogP contribution < -0.4 is 5.32 Å². The van der Waals surface area contributed by atoms with Crippen molar-refractivity contribution in [2.75, 3.05) is 13.1 Å².